The van der Waals surface area contributed by atoms with E-state index in [9.17, 15) is 13.6 Å². The number of hydrogen-bond donors (Lipinski definition) is 3. The zero-order valence-corrected chi connectivity index (χ0v) is 9.47. The van der Waals surface area contributed by atoms with E-state index in [0.717, 1.165) is 0 Å². The zero-order valence-electron chi connectivity index (χ0n) is 9.47. The van der Waals surface area contributed by atoms with E-state index in [4.69, 9.17) is 11.5 Å². The number of nitrogens with one attached hydrogen (secondary N) is 1. The molecule has 6 heteroatoms. The normalized spacial score (nSPS) is 11.3. The molecule has 1 aromatic carbocycles. The number of hydrogen-bond acceptors (Lipinski definition) is 3. The van der Waals surface area contributed by atoms with Crippen LogP contribution in [0.25, 0.3) is 0 Å². The number of carbonyl (C=O) groups is 1. The van der Waals surface area contributed by atoms with E-state index in [0.29, 0.717) is 11.3 Å². The third-order valence-electron chi connectivity index (χ3n) is 2.31. The summed E-state index contributed by atoms with van der Waals surface area (Å²) in [5.41, 5.74) is 11.8. The van der Waals surface area contributed by atoms with Crippen molar-refractivity contribution in [1.82, 2.24) is 5.32 Å². The van der Waals surface area contributed by atoms with Gasteiger partial charge < -0.3 is 16.8 Å². The summed E-state index contributed by atoms with van der Waals surface area (Å²) in [5.74, 6) is -3.67. The van der Waals surface area contributed by atoms with Crippen LogP contribution in [0.2, 0.25) is 0 Å². The Hall–Kier alpha value is -1.69. The highest BCUT2D eigenvalue weighted by Crippen LogP contribution is 2.14. The molecule has 0 spiro atoms. The third-order valence-corrected chi connectivity index (χ3v) is 2.31. The molecule has 0 aromatic heterocycles. The predicted octanol–water partition coefficient (Wildman–Crippen LogP) is 0.901. The maximum Gasteiger partial charge on any atom is 0.277 e. The Morgan fingerprint density at radius 2 is 2.12 bits per heavy atom. The minimum atomic E-state index is -3.09. The van der Waals surface area contributed by atoms with Crippen LogP contribution >= 0.6 is 0 Å². The molecule has 1 amide bonds. The Bertz CT molecular complexity index is 421. The first-order chi connectivity index (χ1) is 7.85. The maximum absolute atomic E-state index is 12.8. The van der Waals surface area contributed by atoms with Gasteiger partial charge in [0.25, 0.3) is 11.8 Å². The molecular formula is C11H15F2N3O. The Morgan fingerprint density at radius 1 is 1.47 bits per heavy atom. The van der Waals surface area contributed by atoms with Crippen molar-refractivity contribution in [2.24, 2.45) is 5.73 Å². The predicted molar refractivity (Wildman–Crippen MR) is 61.9 cm³/mol. The second kappa shape index (κ2) is 5.09. The van der Waals surface area contributed by atoms with Crippen molar-refractivity contribution in [2.45, 2.75) is 12.8 Å². The molecule has 1 aromatic rings. The summed E-state index contributed by atoms with van der Waals surface area (Å²) in [7, 11) is 0. The Balaban J connectivity index is 2.74. The van der Waals surface area contributed by atoms with Gasteiger partial charge in [0.05, 0.1) is 13.1 Å². The van der Waals surface area contributed by atoms with Gasteiger partial charge >= 0.3 is 0 Å². The lowest BCUT2D eigenvalue weighted by Crippen LogP contribution is -2.41. The molecule has 4 nitrogen and oxygen atoms in total. The van der Waals surface area contributed by atoms with Crippen LogP contribution in [0, 0.1) is 6.92 Å². The number of aryl methyl sites for hydroxylation is 1. The second-order valence-corrected chi connectivity index (χ2v) is 3.82. The molecule has 0 atom stereocenters. The Morgan fingerprint density at radius 3 is 2.71 bits per heavy atom. The van der Waals surface area contributed by atoms with Gasteiger partial charge in [-0.2, -0.15) is 0 Å². The molecule has 5 N–H and O–H groups in total. The molecule has 0 saturated carbocycles. The van der Waals surface area contributed by atoms with Crippen LogP contribution in [-0.2, 0) is 0 Å². The van der Waals surface area contributed by atoms with Crippen molar-refractivity contribution in [3.63, 3.8) is 0 Å². The highest BCUT2D eigenvalue weighted by Gasteiger charge is 2.27. The van der Waals surface area contributed by atoms with Gasteiger partial charge in [-0.05, 0) is 24.6 Å². The zero-order chi connectivity index (χ0) is 13.1. The number of benzene rings is 1. The molecule has 0 aliphatic carbocycles. The molecule has 0 aliphatic rings. The van der Waals surface area contributed by atoms with Gasteiger partial charge in [0.2, 0.25) is 0 Å². The van der Waals surface area contributed by atoms with Crippen LogP contribution < -0.4 is 16.8 Å². The number of amides is 1. The van der Waals surface area contributed by atoms with Crippen molar-refractivity contribution >= 4 is 11.6 Å². The van der Waals surface area contributed by atoms with Crippen LogP contribution in [0.15, 0.2) is 18.2 Å². The van der Waals surface area contributed by atoms with E-state index in [2.05, 4.69) is 5.32 Å². The van der Waals surface area contributed by atoms with E-state index in [-0.39, 0.29) is 5.56 Å². The van der Waals surface area contributed by atoms with Gasteiger partial charge in [0.1, 0.15) is 0 Å². The van der Waals surface area contributed by atoms with E-state index in [1.807, 2.05) is 0 Å². The van der Waals surface area contributed by atoms with Crippen molar-refractivity contribution < 1.29 is 13.6 Å². The molecule has 94 valence electrons. The highest BCUT2D eigenvalue weighted by molar-refractivity contribution is 5.96. The molecular weight excluding hydrogens is 228 g/mol. The molecule has 0 unspecified atom stereocenters. The van der Waals surface area contributed by atoms with Gasteiger partial charge in [0.15, 0.2) is 0 Å². The number of anilines is 1. The van der Waals surface area contributed by atoms with Gasteiger partial charge in [-0.25, -0.2) is 8.78 Å². The fraction of sp³-hybridized carbons (Fsp3) is 0.364. The topological polar surface area (TPSA) is 81.1 Å². The second-order valence-electron chi connectivity index (χ2n) is 3.82. The van der Waals surface area contributed by atoms with Gasteiger partial charge in [-0.15, -0.1) is 0 Å². The first-order valence-electron chi connectivity index (χ1n) is 5.08. The lowest BCUT2D eigenvalue weighted by molar-refractivity contribution is 0.0118. The van der Waals surface area contributed by atoms with Gasteiger partial charge in [-0.1, -0.05) is 6.07 Å². The molecule has 17 heavy (non-hydrogen) atoms. The molecule has 1 rings (SSSR count). The van der Waals surface area contributed by atoms with E-state index < -0.39 is 24.9 Å². The minimum Gasteiger partial charge on any atom is -0.399 e. The van der Waals surface area contributed by atoms with Crippen LogP contribution in [0.5, 0.6) is 0 Å². The molecule has 0 bridgehead atoms. The maximum atomic E-state index is 12.8. The lowest BCUT2D eigenvalue weighted by Gasteiger charge is -2.15. The van der Waals surface area contributed by atoms with Crippen LogP contribution in [0.1, 0.15) is 15.9 Å². The largest absolute Gasteiger partial charge is 0.399 e. The lowest BCUT2D eigenvalue weighted by atomic mass is 10.1. The molecule has 0 radical (unpaired) electrons. The third kappa shape index (κ3) is 3.67. The van der Waals surface area contributed by atoms with Gasteiger partial charge in [-0.3, -0.25) is 4.79 Å². The fourth-order valence-corrected chi connectivity index (χ4v) is 1.26. The number of nitrogen functional groups attached to an aromatic ring is 1. The van der Waals surface area contributed by atoms with Crippen molar-refractivity contribution in [3.8, 4) is 0 Å². The summed E-state index contributed by atoms with van der Waals surface area (Å²) >= 11 is 0. The average Bonchev–Trinajstić information content (AvgIpc) is 2.29. The highest BCUT2D eigenvalue weighted by atomic mass is 19.3. The first kappa shape index (κ1) is 13.4. The summed E-state index contributed by atoms with van der Waals surface area (Å²) < 4.78 is 25.7. The summed E-state index contributed by atoms with van der Waals surface area (Å²) in [6, 6.07) is 4.75. The van der Waals surface area contributed by atoms with Crippen LogP contribution in [0.4, 0.5) is 14.5 Å². The van der Waals surface area contributed by atoms with Crippen molar-refractivity contribution in [1.29, 1.82) is 0 Å². The molecule has 0 heterocycles. The average molecular weight is 243 g/mol. The van der Waals surface area contributed by atoms with E-state index >= 15 is 0 Å². The van der Waals surface area contributed by atoms with Crippen molar-refractivity contribution in [3.05, 3.63) is 29.3 Å². The van der Waals surface area contributed by atoms with Gasteiger partial charge in [0, 0.05) is 11.3 Å². The van der Waals surface area contributed by atoms with E-state index in [1.165, 1.54) is 6.07 Å². The minimum absolute atomic E-state index is 0.290. The SMILES string of the molecule is Cc1ccc(N)cc1C(=O)NCC(F)(F)CN. The van der Waals surface area contributed by atoms with Crippen molar-refractivity contribution in [2.75, 3.05) is 18.8 Å². The molecule has 0 aliphatic heterocycles. The number of alkyl halides is 2. The number of carbonyl (C=O) groups excluding carboxylic acids is 1. The smallest absolute Gasteiger partial charge is 0.277 e. The number of rotatable bonds is 4. The molecule has 0 saturated heterocycles. The summed E-state index contributed by atoms with van der Waals surface area (Å²) in [4.78, 5) is 11.6. The summed E-state index contributed by atoms with van der Waals surface area (Å²) in [6.07, 6.45) is 0. The van der Waals surface area contributed by atoms with Crippen LogP contribution in [-0.4, -0.2) is 24.9 Å². The fourth-order valence-electron chi connectivity index (χ4n) is 1.26. The molecule has 0 fully saturated rings. The van der Waals surface area contributed by atoms with Crippen LogP contribution in [0.3, 0.4) is 0 Å². The quantitative estimate of drug-likeness (QED) is 0.687. The van der Waals surface area contributed by atoms with E-state index in [1.54, 1.807) is 19.1 Å². The Kier molecular flexibility index (Phi) is 4.01. The Labute approximate surface area is 98.0 Å². The standard InChI is InChI=1S/C11H15F2N3O/c1-7-2-3-8(15)4-9(7)10(17)16-6-11(12,13)5-14/h2-4H,5-6,14-15H2,1H3,(H,16,17). The number of halogens is 2. The summed E-state index contributed by atoms with van der Waals surface area (Å²) in [5, 5.41) is 2.13. The monoisotopic (exact) mass is 243 g/mol. The summed E-state index contributed by atoms with van der Waals surface area (Å²) in [6.45, 7) is 0.120. The number of nitrogens with two attached hydrogens (primary N) is 2. The first-order valence-corrected chi connectivity index (χ1v) is 5.08.